The van der Waals surface area contributed by atoms with E-state index in [1.807, 2.05) is 13.0 Å². The largest absolute Gasteiger partial charge is 0.490 e. The molecule has 1 aliphatic heterocycles. The molecule has 2 rings (SSSR count). The van der Waals surface area contributed by atoms with E-state index in [1.165, 1.54) is 26.2 Å². The summed E-state index contributed by atoms with van der Waals surface area (Å²) in [6, 6.07) is 5.35. The molecular weight excluding hydrogens is 384 g/mol. The van der Waals surface area contributed by atoms with Crippen molar-refractivity contribution in [3.63, 3.8) is 0 Å². The van der Waals surface area contributed by atoms with Crippen molar-refractivity contribution in [2.45, 2.75) is 59.0 Å². The van der Waals surface area contributed by atoms with Gasteiger partial charge < -0.3 is 10.1 Å². The SMILES string of the molecule is CCCCCC[C@@H](C)Oc1ccc(Cl)cc1/C=C1\SC(NC(C)=O)=NC1=O. The minimum Gasteiger partial charge on any atom is -0.490 e. The molecule has 5 nitrogen and oxygen atoms in total. The van der Waals surface area contributed by atoms with E-state index >= 15 is 0 Å². The Morgan fingerprint density at radius 1 is 1.37 bits per heavy atom. The van der Waals surface area contributed by atoms with E-state index < -0.39 is 0 Å². The third-order valence-electron chi connectivity index (χ3n) is 3.95. The quantitative estimate of drug-likeness (QED) is 0.475. The molecular formula is C20H25ClN2O3S. The highest BCUT2D eigenvalue weighted by molar-refractivity contribution is 8.18. The van der Waals surface area contributed by atoms with Crippen LogP contribution in [0.4, 0.5) is 0 Å². The van der Waals surface area contributed by atoms with Crippen LogP contribution in [0.3, 0.4) is 0 Å². The molecule has 0 radical (unpaired) electrons. The number of ether oxygens (including phenoxy) is 1. The third kappa shape index (κ3) is 7.03. The van der Waals surface area contributed by atoms with Gasteiger partial charge in [0.2, 0.25) is 5.91 Å². The second-order valence-electron chi connectivity index (χ2n) is 6.47. The number of halogens is 1. The van der Waals surface area contributed by atoms with Crippen LogP contribution < -0.4 is 10.1 Å². The fraction of sp³-hybridized carbons (Fsp3) is 0.450. The lowest BCUT2D eigenvalue weighted by molar-refractivity contribution is -0.117. The van der Waals surface area contributed by atoms with Crippen LogP contribution in [0, 0.1) is 0 Å². The predicted molar refractivity (Wildman–Crippen MR) is 112 cm³/mol. The number of nitrogens with zero attached hydrogens (tertiary/aromatic N) is 1. The van der Waals surface area contributed by atoms with Gasteiger partial charge in [-0.3, -0.25) is 9.59 Å². The number of carbonyl (C=O) groups is 2. The molecule has 0 saturated carbocycles. The zero-order chi connectivity index (χ0) is 19.8. The number of rotatable bonds is 8. The van der Waals surface area contributed by atoms with Crippen LogP contribution in [-0.2, 0) is 9.59 Å². The lowest BCUT2D eigenvalue weighted by Gasteiger charge is -2.17. The monoisotopic (exact) mass is 408 g/mol. The summed E-state index contributed by atoms with van der Waals surface area (Å²) in [5.41, 5.74) is 0.720. The minimum absolute atomic E-state index is 0.0679. The van der Waals surface area contributed by atoms with Crippen molar-refractivity contribution >= 4 is 46.4 Å². The molecule has 0 aromatic heterocycles. The molecule has 27 heavy (non-hydrogen) atoms. The van der Waals surface area contributed by atoms with Gasteiger partial charge in [-0.25, -0.2) is 0 Å². The van der Waals surface area contributed by atoms with Gasteiger partial charge in [0.15, 0.2) is 5.17 Å². The summed E-state index contributed by atoms with van der Waals surface area (Å²) in [6.07, 6.45) is 7.52. The molecule has 2 amide bonds. The summed E-state index contributed by atoms with van der Waals surface area (Å²) in [7, 11) is 0. The van der Waals surface area contributed by atoms with E-state index in [0.717, 1.165) is 30.2 Å². The number of benzene rings is 1. The number of carbonyl (C=O) groups excluding carboxylic acids is 2. The molecule has 7 heteroatoms. The van der Waals surface area contributed by atoms with E-state index in [1.54, 1.807) is 18.2 Å². The molecule has 0 spiro atoms. The van der Waals surface area contributed by atoms with E-state index in [0.29, 0.717) is 15.7 Å². The molecule has 0 bridgehead atoms. The van der Waals surface area contributed by atoms with Gasteiger partial charge in [-0.2, -0.15) is 4.99 Å². The molecule has 146 valence electrons. The molecule has 1 N–H and O–H groups in total. The van der Waals surface area contributed by atoms with Crippen molar-refractivity contribution in [1.82, 2.24) is 5.32 Å². The average molecular weight is 409 g/mol. The molecule has 1 heterocycles. The summed E-state index contributed by atoms with van der Waals surface area (Å²) < 4.78 is 6.09. The standard InChI is InChI=1S/C20H25ClN2O3S/c1-4-5-6-7-8-13(2)26-17-10-9-16(21)11-15(17)12-18-19(25)23-20(27-18)22-14(3)24/h9-13H,4-8H2,1-3H3,(H,22,23,24,25)/b18-12-/t13-/m1/s1. The van der Waals surface area contributed by atoms with Gasteiger partial charge in [0.25, 0.3) is 5.91 Å². The first-order valence-corrected chi connectivity index (χ1v) is 10.3. The second-order valence-corrected chi connectivity index (χ2v) is 7.94. The summed E-state index contributed by atoms with van der Waals surface area (Å²) in [5, 5.41) is 3.38. The molecule has 1 aromatic carbocycles. The Hall–Kier alpha value is -1.79. The molecule has 1 atom stereocenters. The molecule has 0 fully saturated rings. The Morgan fingerprint density at radius 2 is 2.15 bits per heavy atom. The highest BCUT2D eigenvalue weighted by atomic mass is 35.5. The Kier molecular flexibility index (Phi) is 8.38. The maximum absolute atomic E-state index is 12.1. The van der Waals surface area contributed by atoms with Gasteiger partial charge in [0.1, 0.15) is 5.75 Å². The zero-order valence-corrected chi connectivity index (χ0v) is 17.5. The highest BCUT2D eigenvalue weighted by Crippen LogP contribution is 2.32. The molecule has 0 aliphatic carbocycles. The van der Waals surface area contributed by atoms with Gasteiger partial charge in [0.05, 0.1) is 11.0 Å². The maximum Gasteiger partial charge on any atom is 0.286 e. The Labute approximate surface area is 169 Å². The van der Waals surface area contributed by atoms with Crippen molar-refractivity contribution in [2.75, 3.05) is 0 Å². The Bertz CT molecular complexity index is 762. The third-order valence-corrected chi connectivity index (χ3v) is 5.09. The van der Waals surface area contributed by atoms with Crippen LogP contribution in [0.25, 0.3) is 6.08 Å². The normalized spacial score (nSPS) is 16.4. The van der Waals surface area contributed by atoms with E-state index in [-0.39, 0.29) is 23.1 Å². The second kappa shape index (κ2) is 10.5. The highest BCUT2D eigenvalue weighted by Gasteiger charge is 2.23. The number of hydrogen-bond donors (Lipinski definition) is 1. The van der Waals surface area contributed by atoms with Crippen LogP contribution in [0.1, 0.15) is 58.4 Å². The van der Waals surface area contributed by atoms with Crippen LogP contribution in [0.15, 0.2) is 28.1 Å². The average Bonchev–Trinajstić information content (AvgIpc) is 2.92. The predicted octanol–water partition coefficient (Wildman–Crippen LogP) is 5.18. The van der Waals surface area contributed by atoms with E-state index in [4.69, 9.17) is 16.3 Å². The topological polar surface area (TPSA) is 67.8 Å². The maximum atomic E-state index is 12.1. The first-order valence-electron chi connectivity index (χ1n) is 9.15. The summed E-state index contributed by atoms with van der Waals surface area (Å²) >= 11 is 7.25. The van der Waals surface area contributed by atoms with Gasteiger partial charge in [-0.15, -0.1) is 0 Å². The van der Waals surface area contributed by atoms with Crippen molar-refractivity contribution < 1.29 is 14.3 Å². The van der Waals surface area contributed by atoms with Crippen LogP contribution in [0.5, 0.6) is 5.75 Å². The van der Waals surface area contributed by atoms with Crippen LogP contribution in [0.2, 0.25) is 5.02 Å². The van der Waals surface area contributed by atoms with Gasteiger partial charge in [-0.05, 0) is 55.8 Å². The van der Waals surface area contributed by atoms with E-state index in [9.17, 15) is 9.59 Å². The first kappa shape index (κ1) is 21.5. The smallest absolute Gasteiger partial charge is 0.286 e. The number of nitrogens with one attached hydrogen (secondary N) is 1. The number of aliphatic imine (C=N–C) groups is 1. The van der Waals surface area contributed by atoms with Gasteiger partial charge >= 0.3 is 0 Å². The van der Waals surface area contributed by atoms with Crippen LogP contribution >= 0.6 is 23.4 Å². The molecule has 0 saturated heterocycles. The number of amidine groups is 1. The zero-order valence-electron chi connectivity index (χ0n) is 15.9. The number of unbranched alkanes of at least 4 members (excludes halogenated alkanes) is 3. The number of hydrogen-bond acceptors (Lipinski definition) is 4. The molecule has 0 unspecified atom stereocenters. The van der Waals surface area contributed by atoms with Crippen molar-refractivity contribution in [3.05, 3.63) is 33.7 Å². The summed E-state index contributed by atoms with van der Waals surface area (Å²) in [4.78, 5) is 27.5. The van der Waals surface area contributed by atoms with Gasteiger partial charge in [0, 0.05) is 17.5 Å². The summed E-state index contributed by atoms with van der Waals surface area (Å²) in [5.74, 6) is 0.0255. The number of thioether (sulfide) groups is 1. The summed E-state index contributed by atoms with van der Waals surface area (Å²) in [6.45, 7) is 5.61. The molecule has 1 aliphatic rings. The Morgan fingerprint density at radius 3 is 2.85 bits per heavy atom. The molecule has 1 aromatic rings. The Balaban J connectivity index is 2.10. The van der Waals surface area contributed by atoms with Crippen molar-refractivity contribution in [3.8, 4) is 5.75 Å². The van der Waals surface area contributed by atoms with Gasteiger partial charge in [-0.1, -0.05) is 37.8 Å². The van der Waals surface area contributed by atoms with Crippen LogP contribution in [-0.4, -0.2) is 23.1 Å². The van der Waals surface area contributed by atoms with Crippen molar-refractivity contribution in [1.29, 1.82) is 0 Å². The lowest BCUT2D eigenvalue weighted by Crippen LogP contribution is -2.23. The van der Waals surface area contributed by atoms with E-state index in [2.05, 4.69) is 17.2 Å². The first-order chi connectivity index (χ1) is 12.9. The number of amides is 2. The fourth-order valence-electron chi connectivity index (χ4n) is 2.63. The fourth-order valence-corrected chi connectivity index (χ4v) is 3.66. The van der Waals surface area contributed by atoms with Crippen molar-refractivity contribution in [2.24, 2.45) is 4.99 Å². The lowest BCUT2D eigenvalue weighted by atomic mass is 10.1. The minimum atomic E-state index is -0.387.